The van der Waals surface area contributed by atoms with Crippen molar-refractivity contribution in [3.05, 3.63) is 58.7 Å². The highest BCUT2D eigenvalue weighted by atomic mass is 19.4. The van der Waals surface area contributed by atoms with E-state index in [4.69, 9.17) is 4.74 Å². The minimum atomic E-state index is -4.79. The number of amides is 1. The zero-order chi connectivity index (χ0) is 25.1. The molecular formula is C26H25F4N3O3. The number of carbonyl (C=O) groups excluding carboxylic acids is 1. The quantitative estimate of drug-likeness (QED) is 0.504. The number of carbonyl (C=O) groups is 1. The molecule has 0 unspecified atom stereocenters. The van der Waals surface area contributed by atoms with E-state index in [1.807, 2.05) is 0 Å². The van der Waals surface area contributed by atoms with E-state index in [9.17, 15) is 18.0 Å². The summed E-state index contributed by atoms with van der Waals surface area (Å²) in [5.74, 6) is -1.02. The summed E-state index contributed by atoms with van der Waals surface area (Å²) in [6, 6.07) is 4.91. The van der Waals surface area contributed by atoms with Crippen molar-refractivity contribution in [3.8, 4) is 5.75 Å². The van der Waals surface area contributed by atoms with Gasteiger partial charge < -0.3 is 19.4 Å². The number of pyridine rings is 1. The standard InChI is InChI=1S/C26H25F4N3O3/c27-19-13-31-23-22(18-11-25(7-10-35-14-25)12-20(18)32-23)21(19)15-5-8-33(9-6-15)24(34)16-1-3-17(4-2-16)36-26(28,29)30/h1-4,13,15H,5-12,14H2,(H,31,32)/t25-/m0/s1. The van der Waals surface area contributed by atoms with Crippen molar-refractivity contribution < 1.29 is 31.8 Å². The fourth-order valence-corrected chi connectivity index (χ4v) is 6.11. The number of halogens is 4. The Morgan fingerprint density at radius 3 is 2.58 bits per heavy atom. The zero-order valence-electron chi connectivity index (χ0n) is 19.5. The predicted molar refractivity (Wildman–Crippen MR) is 122 cm³/mol. The fourth-order valence-electron chi connectivity index (χ4n) is 6.11. The van der Waals surface area contributed by atoms with Gasteiger partial charge in [-0.25, -0.2) is 9.37 Å². The van der Waals surface area contributed by atoms with Gasteiger partial charge >= 0.3 is 6.36 Å². The zero-order valence-corrected chi connectivity index (χ0v) is 19.5. The molecule has 1 N–H and O–H groups in total. The number of nitrogens with zero attached hydrogens (tertiary/aromatic N) is 2. The van der Waals surface area contributed by atoms with E-state index >= 15 is 4.39 Å². The Balaban J connectivity index is 1.19. The molecule has 2 aromatic heterocycles. The third-order valence-electron chi connectivity index (χ3n) is 7.82. The number of rotatable bonds is 3. The maximum absolute atomic E-state index is 15.2. The predicted octanol–water partition coefficient (Wildman–Crippen LogP) is 5.13. The first kappa shape index (κ1) is 23.3. The molecule has 190 valence electrons. The summed E-state index contributed by atoms with van der Waals surface area (Å²) in [5.41, 5.74) is 4.04. The van der Waals surface area contributed by atoms with Crippen LogP contribution in [0.15, 0.2) is 30.5 Å². The third-order valence-corrected chi connectivity index (χ3v) is 7.82. The molecule has 4 heterocycles. The van der Waals surface area contributed by atoms with E-state index in [1.165, 1.54) is 18.3 Å². The Morgan fingerprint density at radius 1 is 1.17 bits per heavy atom. The summed E-state index contributed by atoms with van der Waals surface area (Å²) in [4.78, 5) is 22.3. The van der Waals surface area contributed by atoms with Gasteiger partial charge in [0.1, 0.15) is 17.2 Å². The van der Waals surface area contributed by atoms with Crippen LogP contribution in [-0.4, -0.2) is 53.4 Å². The van der Waals surface area contributed by atoms with Crippen molar-refractivity contribution in [1.29, 1.82) is 0 Å². The van der Waals surface area contributed by atoms with Crippen LogP contribution in [0, 0.1) is 11.2 Å². The number of ether oxygens (including phenoxy) is 2. The highest BCUT2D eigenvalue weighted by Crippen LogP contribution is 2.47. The first-order valence-corrected chi connectivity index (χ1v) is 12.1. The summed E-state index contributed by atoms with van der Waals surface area (Å²) in [5, 5.41) is 0.888. The van der Waals surface area contributed by atoms with E-state index in [-0.39, 0.29) is 34.4 Å². The van der Waals surface area contributed by atoms with Crippen LogP contribution in [0.1, 0.15) is 52.4 Å². The van der Waals surface area contributed by atoms with Gasteiger partial charge in [0.25, 0.3) is 5.91 Å². The molecule has 1 aliphatic carbocycles. The second-order valence-corrected chi connectivity index (χ2v) is 10.1. The maximum atomic E-state index is 15.2. The van der Waals surface area contributed by atoms with E-state index in [0.717, 1.165) is 61.3 Å². The van der Waals surface area contributed by atoms with E-state index in [0.29, 0.717) is 37.1 Å². The molecule has 2 fully saturated rings. The molecule has 6 rings (SSSR count). The van der Waals surface area contributed by atoms with Gasteiger partial charge in [-0.2, -0.15) is 0 Å². The second-order valence-electron chi connectivity index (χ2n) is 10.1. The van der Waals surface area contributed by atoms with Crippen LogP contribution < -0.4 is 4.74 Å². The van der Waals surface area contributed by atoms with Crippen LogP contribution >= 0.6 is 0 Å². The van der Waals surface area contributed by atoms with Crippen molar-refractivity contribution >= 4 is 16.9 Å². The van der Waals surface area contributed by atoms with Gasteiger partial charge in [-0.15, -0.1) is 13.2 Å². The van der Waals surface area contributed by atoms with Gasteiger partial charge in [-0.3, -0.25) is 4.79 Å². The van der Waals surface area contributed by atoms with Crippen LogP contribution in [0.4, 0.5) is 17.6 Å². The second kappa shape index (κ2) is 8.47. The van der Waals surface area contributed by atoms with E-state index < -0.39 is 6.36 Å². The molecule has 2 saturated heterocycles. The number of aromatic nitrogens is 2. The molecule has 3 aromatic rings. The Bertz CT molecular complexity index is 1300. The van der Waals surface area contributed by atoms with Crippen molar-refractivity contribution in [3.63, 3.8) is 0 Å². The highest BCUT2D eigenvalue weighted by molar-refractivity contribution is 5.94. The van der Waals surface area contributed by atoms with E-state index in [1.54, 1.807) is 4.90 Å². The molecule has 6 nitrogen and oxygen atoms in total. The number of aromatic amines is 1. The lowest BCUT2D eigenvalue weighted by atomic mass is 9.83. The molecule has 1 spiro atoms. The topological polar surface area (TPSA) is 67.5 Å². The Kier molecular flexibility index (Phi) is 5.47. The number of alkyl halides is 3. The number of hydrogen-bond donors (Lipinski definition) is 1. The van der Waals surface area contributed by atoms with Crippen LogP contribution in [0.25, 0.3) is 11.0 Å². The number of nitrogens with one attached hydrogen (secondary N) is 1. The van der Waals surface area contributed by atoms with Crippen LogP contribution in [0.5, 0.6) is 5.75 Å². The van der Waals surface area contributed by atoms with Crippen molar-refractivity contribution in [2.75, 3.05) is 26.3 Å². The summed E-state index contributed by atoms with van der Waals surface area (Å²) in [6.07, 6.45) is 0.409. The Labute approximate surface area is 204 Å². The Morgan fingerprint density at radius 2 is 1.92 bits per heavy atom. The van der Waals surface area contributed by atoms with Gasteiger partial charge in [0.05, 0.1) is 12.8 Å². The molecule has 3 aliphatic rings. The number of hydrogen-bond acceptors (Lipinski definition) is 4. The lowest BCUT2D eigenvalue weighted by Gasteiger charge is -2.33. The lowest BCUT2D eigenvalue weighted by Crippen LogP contribution is -2.38. The molecule has 0 saturated carbocycles. The van der Waals surface area contributed by atoms with E-state index in [2.05, 4.69) is 14.7 Å². The van der Waals surface area contributed by atoms with Crippen molar-refractivity contribution in [2.45, 2.75) is 44.4 Å². The molecule has 1 amide bonds. The largest absolute Gasteiger partial charge is 0.573 e. The molecule has 10 heteroatoms. The van der Waals surface area contributed by atoms with Gasteiger partial charge in [-0.1, -0.05) is 0 Å². The lowest BCUT2D eigenvalue weighted by molar-refractivity contribution is -0.274. The molecule has 1 atom stereocenters. The SMILES string of the molecule is O=C(c1ccc(OC(F)(F)F)cc1)N1CCC(c2c(F)cnc3[nH]c4c(c23)C[C@@]2(CCOC2)C4)CC1. The number of likely N-dealkylation sites (tertiary alicyclic amines) is 1. The number of piperidine rings is 1. The summed E-state index contributed by atoms with van der Waals surface area (Å²) in [6.45, 7) is 2.33. The Hall–Kier alpha value is -3.14. The minimum absolute atomic E-state index is 0.0570. The van der Waals surface area contributed by atoms with Crippen LogP contribution in [0.2, 0.25) is 0 Å². The monoisotopic (exact) mass is 503 g/mol. The summed E-state index contributed by atoms with van der Waals surface area (Å²) >= 11 is 0. The first-order chi connectivity index (χ1) is 17.2. The first-order valence-electron chi connectivity index (χ1n) is 12.1. The van der Waals surface area contributed by atoms with Gasteiger partial charge in [0.2, 0.25) is 0 Å². The number of fused-ring (bicyclic) bond motifs is 3. The van der Waals surface area contributed by atoms with Crippen LogP contribution in [0.3, 0.4) is 0 Å². The molecule has 2 aliphatic heterocycles. The molecule has 36 heavy (non-hydrogen) atoms. The third kappa shape index (κ3) is 4.11. The molecule has 1 aromatic carbocycles. The molecule has 0 radical (unpaired) electrons. The van der Waals surface area contributed by atoms with Gasteiger partial charge in [-0.05, 0) is 67.9 Å². The van der Waals surface area contributed by atoms with Crippen molar-refractivity contribution in [1.82, 2.24) is 14.9 Å². The molecule has 0 bridgehead atoms. The maximum Gasteiger partial charge on any atom is 0.573 e. The minimum Gasteiger partial charge on any atom is -0.406 e. The smallest absolute Gasteiger partial charge is 0.406 e. The van der Waals surface area contributed by atoms with Crippen LogP contribution in [-0.2, 0) is 17.6 Å². The summed E-state index contributed by atoms with van der Waals surface area (Å²) < 4.78 is 61.9. The summed E-state index contributed by atoms with van der Waals surface area (Å²) in [7, 11) is 0. The highest BCUT2D eigenvalue weighted by Gasteiger charge is 2.43. The average Bonchev–Trinajstić information content (AvgIpc) is 3.53. The number of benzene rings is 1. The normalized spacial score (nSPS) is 22.5. The number of H-pyrrole nitrogens is 1. The van der Waals surface area contributed by atoms with Gasteiger partial charge in [0.15, 0.2) is 0 Å². The average molecular weight is 503 g/mol. The fraction of sp³-hybridized carbons (Fsp3) is 0.462. The molecular weight excluding hydrogens is 478 g/mol. The van der Waals surface area contributed by atoms with Gasteiger partial charge in [0, 0.05) is 47.3 Å². The van der Waals surface area contributed by atoms with Crippen molar-refractivity contribution in [2.24, 2.45) is 5.41 Å².